The minimum atomic E-state index is -8.19. The maximum atomic E-state index is 13.3. The molecule has 2 unspecified atom stereocenters. The molecule has 0 amide bonds. The summed E-state index contributed by atoms with van der Waals surface area (Å²) < 4.78 is 201. The highest BCUT2D eigenvalue weighted by Crippen LogP contribution is 2.61. The molecule has 2 atom stereocenters. The molecule has 0 N–H and O–H groups in total. The summed E-state index contributed by atoms with van der Waals surface area (Å²) in [7, 11) is 0. The lowest BCUT2D eigenvalue weighted by Crippen LogP contribution is -2.72. The van der Waals surface area contributed by atoms with Gasteiger partial charge in [-0.15, -0.1) is 0 Å². The third-order valence-corrected chi connectivity index (χ3v) is 3.41. The van der Waals surface area contributed by atoms with E-state index < -0.39 is 61.0 Å². The van der Waals surface area contributed by atoms with Gasteiger partial charge in [0.2, 0.25) is 0 Å². The molecule has 0 aromatic heterocycles. The van der Waals surface area contributed by atoms with Crippen LogP contribution in [0, 0.1) is 0 Å². The second kappa shape index (κ2) is 6.98. The highest BCUT2D eigenvalue weighted by Gasteiger charge is 2.92. The second-order valence-corrected chi connectivity index (χ2v) is 5.45. The van der Waals surface area contributed by atoms with Crippen molar-refractivity contribution in [1.29, 1.82) is 0 Å². The van der Waals surface area contributed by atoms with E-state index in [1.807, 2.05) is 0 Å². The fraction of sp³-hybridized carbons (Fsp3) is 1.00. The molecule has 0 aromatic rings. The first kappa shape index (κ1) is 24.9. The van der Waals surface area contributed by atoms with E-state index >= 15 is 0 Å². The van der Waals surface area contributed by atoms with Gasteiger partial charge < -0.3 is 9.47 Å². The average Bonchev–Trinajstić information content (AvgIpc) is 3.35. The molecule has 0 aromatic carbocycles. The number of alkyl halides is 15. The maximum Gasteiger partial charge on any atom is 0.384 e. The predicted molar refractivity (Wildman–Crippen MR) is 56.3 cm³/mol. The monoisotopic (exact) mass is 456 g/mol. The normalized spacial score (nSPS) is 21.2. The summed E-state index contributed by atoms with van der Waals surface area (Å²) in [5.74, 6) is -46.4. The maximum absolute atomic E-state index is 13.3. The quantitative estimate of drug-likeness (QED) is 0.349. The Balaban J connectivity index is 3.31. The third kappa shape index (κ3) is 3.47. The molecule has 28 heavy (non-hydrogen) atoms. The Morgan fingerprint density at radius 1 is 0.679 bits per heavy atom. The van der Waals surface area contributed by atoms with Crippen LogP contribution in [0.4, 0.5) is 65.9 Å². The largest absolute Gasteiger partial charge is 0.384 e. The SMILES string of the molecule is FC(F)C(F)(F)C(F)(F)C(F)(F)C(F)(F)C(F)(F)C(F)(F)C(F)OCC1CO1. The molecule has 17 heteroatoms. The first-order chi connectivity index (χ1) is 12.2. The van der Waals surface area contributed by atoms with Gasteiger partial charge in [-0.1, -0.05) is 0 Å². The molecule has 1 aliphatic rings. The van der Waals surface area contributed by atoms with Crippen LogP contribution in [0.15, 0.2) is 0 Å². The Morgan fingerprint density at radius 2 is 1.04 bits per heavy atom. The van der Waals surface area contributed by atoms with Crippen molar-refractivity contribution in [1.82, 2.24) is 0 Å². The zero-order valence-corrected chi connectivity index (χ0v) is 12.6. The van der Waals surface area contributed by atoms with Crippen LogP contribution < -0.4 is 0 Å². The van der Waals surface area contributed by atoms with Crippen LogP contribution in [0.3, 0.4) is 0 Å². The Hall–Kier alpha value is -1.13. The summed E-state index contributed by atoms with van der Waals surface area (Å²) in [6, 6.07) is 0. The summed E-state index contributed by atoms with van der Waals surface area (Å²) >= 11 is 0. The van der Waals surface area contributed by atoms with Crippen molar-refractivity contribution in [2.75, 3.05) is 13.2 Å². The number of epoxide rings is 1. The predicted octanol–water partition coefficient (Wildman–Crippen LogP) is 4.77. The van der Waals surface area contributed by atoms with Crippen LogP contribution >= 0.6 is 0 Å². The van der Waals surface area contributed by atoms with E-state index in [2.05, 4.69) is 9.47 Å². The van der Waals surface area contributed by atoms with Gasteiger partial charge in [0, 0.05) is 0 Å². The zero-order chi connectivity index (χ0) is 22.6. The molecule has 0 spiro atoms. The number of halogens is 15. The first-order valence-electron chi connectivity index (χ1n) is 6.62. The molecule has 1 heterocycles. The van der Waals surface area contributed by atoms with Crippen molar-refractivity contribution in [2.45, 2.75) is 54.4 Å². The zero-order valence-electron chi connectivity index (χ0n) is 12.6. The summed E-state index contributed by atoms with van der Waals surface area (Å²) in [5.41, 5.74) is 0. The van der Waals surface area contributed by atoms with Gasteiger partial charge in [-0.25, -0.2) is 13.2 Å². The van der Waals surface area contributed by atoms with Crippen LogP contribution in [-0.4, -0.2) is 67.6 Å². The lowest BCUT2D eigenvalue weighted by molar-refractivity contribution is -0.442. The van der Waals surface area contributed by atoms with Crippen LogP contribution in [0.5, 0.6) is 0 Å². The lowest BCUT2D eigenvalue weighted by atomic mass is 9.91. The molecule has 0 saturated carbocycles. The lowest BCUT2D eigenvalue weighted by Gasteiger charge is -2.41. The molecule has 0 aliphatic carbocycles. The van der Waals surface area contributed by atoms with E-state index in [-0.39, 0.29) is 6.61 Å². The molecular weight excluding hydrogens is 449 g/mol. The molecular formula is C11H7F15O2. The first-order valence-corrected chi connectivity index (χ1v) is 6.62. The van der Waals surface area contributed by atoms with Crippen LogP contribution in [0.25, 0.3) is 0 Å². The molecule has 0 radical (unpaired) electrons. The van der Waals surface area contributed by atoms with E-state index in [1.165, 1.54) is 0 Å². The summed E-state index contributed by atoms with van der Waals surface area (Å²) in [5, 5.41) is 0. The minimum Gasteiger partial charge on any atom is -0.371 e. The Morgan fingerprint density at radius 3 is 1.36 bits per heavy atom. The summed E-state index contributed by atoms with van der Waals surface area (Å²) in [6.45, 7) is -1.54. The molecule has 0 bridgehead atoms. The van der Waals surface area contributed by atoms with Crippen molar-refractivity contribution in [3.8, 4) is 0 Å². The van der Waals surface area contributed by atoms with E-state index in [1.54, 1.807) is 0 Å². The van der Waals surface area contributed by atoms with E-state index in [9.17, 15) is 65.9 Å². The molecule has 1 rings (SSSR count). The van der Waals surface area contributed by atoms with E-state index in [0.29, 0.717) is 0 Å². The van der Waals surface area contributed by atoms with Crippen molar-refractivity contribution >= 4 is 0 Å². The van der Waals surface area contributed by atoms with Crippen molar-refractivity contribution < 1.29 is 75.3 Å². The van der Waals surface area contributed by atoms with Crippen molar-refractivity contribution in [2.24, 2.45) is 0 Å². The average molecular weight is 456 g/mol. The van der Waals surface area contributed by atoms with Gasteiger partial charge in [-0.05, 0) is 0 Å². The van der Waals surface area contributed by atoms with Crippen LogP contribution in [0.2, 0.25) is 0 Å². The molecule has 168 valence electrons. The van der Waals surface area contributed by atoms with Gasteiger partial charge in [0.1, 0.15) is 6.10 Å². The second-order valence-electron chi connectivity index (χ2n) is 5.45. The van der Waals surface area contributed by atoms with Crippen molar-refractivity contribution in [3.05, 3.63) is 0 Å². The molecule has 2 nitrogen and oxygen atoms in total. The number of hydrogen-bond donors (Lipinski definition) is 0. The van der Waals surface area contributed by atoms with Gasteiger partial charge in [-0.2, -0.15) is 52.7 Å². The van der Waals surface area contributed by atoms with E-state index in [0.717, 1.165) is 0 Å². The smallest absolute Gasteiger partial charge is 0.371 e. The fourth-order valence-corrected chi connectivity index (χ4v) is 1.55. The Kier molecular flexibility index (Phi) is 6.21. The fourth-order valence-electron chi connectivity index (χ4n) is 1.55. The number of rotatable bonds is 10. The van der Waals surface area contributed by atoms with E-state index in [4.69, 9.17) is 0 Å². The minimum absolute atomic E-state index is 0.266. The number of hydrogen-bond acceptors (Lipinski definition) is 2. The highest BCUT2D eigenvalue weighted by atomic mass is 19.4. The Bertz CT molecular complexity index is 556. The molecule has 1 aliphatic heterocycles. The van der Waals surface area contributed by atoms with Crippen LogP contribution in [0.1, 0.15) is 0 Å². The summed E-state index contributed by atoms with van der Waals surface area (Å²) in [6.07, 6.45) is -11.7. The topological polar surface area (TPSA) is 21.8 Å². The van der Waals surface area contributed by atoms with Gasteiger partial charge in [0.15, 0.2) is 0 Å². The molecule has 1 saturated heterocycles. The van der Waals surface area contributed by atoms with Gasteiger partial charge in [0.25, 0.3) is 6.36 Å². The highest BCUT2D eigenvalue weighted by molar-refractivity contribution is 5.12. The number of ether oxygens (including phenoxy) is 2. The summed E-state index contributed by atoms with van der Waals surface area (Å²) in [4.78, 5) is 0. The van der Waals surface area contributed by atoms with Gasteiger partial charge in [-0.3, -0.25) is 0 Å². The molecule has 1 fully saturated rings. The van der Waals surface area contributed by atoms with Crippen LogP contribution in [-0.2, 0) is 9.47 Å². The van der Waals surface area contributed by atoms with Gasteiger partial charge >= 0.3 is 42.0 Å². The standard InChI is InChI=1S/C11H7F15O2/c12-4(13)6(15,16)8(19,20)10(23,24)11(25,26)9(21,22)7(17,18)5(14)28-2-3-1-27-3/h3-5H,1-2H2. The Labute approximate surface area is 144 Å². The third-order valence-electron chi connectivity index (χ3n) is 3.41. The van der Waals surface area contributed by atoms with Crippen molar-refractivity contribution in [3.63, 3.8) is 0 Å². The van der Waals surface area contributed by atoms with Gasteiger partial charge in [0.05, 0.1) is 13.2 Å².